The van der Waals surface area contributed by atoms with Crippen molar-refractivity contribution in [2.75, 3.05) is 20.1 Å². The zero-order valence-electron chi connectivity index (χ0n) is 11.1. The molecule has 2 N–H and O–H groups in total. The molecule has 1 aromatic rings. The van der Waals surface area contributed by atoms with Gasteiger partial charge in [-0.05, 0) is 31.2 Å². The Labute approximate surface area is 115 Å². The fraction of sp³-hybridized carbons (Fsp3) is 0.462. The molecule has 0 aliphatic rings. The van der Waals surface area contributed by atoms with Crippen molar-refractivity contribution < 1.29 is 22.7 Å². The van der Waals surface area contributed by atoms with Crippen LogP contribution in [0.5, 0.6) is 5.75 Å². The molecule has 1 aromatic carbocycles. The normalized spacial score (nSPS) is 11.2. The van der Waals surface area contributed by atoms with Crippen LogP contribution < -0.4 is 15.4 Å². The number of carbonyl (C=O) groups is 1. The smallest absolute Gasteiger partial charge is 0.406 e. The monoisotopic (exact) mass is 290 g/mol. The van der Waals surface area contributed by atoms with E-state index in [2.05, 4.69) is 15.4 Å². The van der Waals surface area contributed by atoms with Gasteiger partial charge in [0.2, 0.25) is 5.91 Å². The highest BCUT2D eigenvalue weighted by Crippen LogP contribution is 2.22. The van der Waals surface area contributed by atoms with Crippen molar-refractivity contribution in [3.63, 3.8) is 0 Å². The molecule has 1 amide bonds. The molecule has 0 atom stereocenters. The Balaban J connectivity index is 2.36. The van der Waals surface area contributed by atoms with E-state index in [0.29, 0.717) is 25.9 Å². The quantitative estimate of drug-likeness (QED) is 0.754. The minimum atomic E-state index is -4.69. The molecule has 7 heteroatoms. The largest absolute Gasteiger partial charge is 0.573 e. The van der Waals surface area contributed by atoms with Crippen LogP contribution in [-0.2, 0) is 11.2 Å². The molecule has 20 heavy (non-hydrogen) atoms. The Hall–Kier alpha value is -1.76. The Morgan fingerprint density at radius 1 is 1.20 bits per heavy atom. The topological polar surface area (TPSA) is 50.4 Å². The minimum Gasteiger partial charge on any atom is -0.406 e. The van der Waals surface area contributed by atoms with E-state index in [0.717, 1.165) is 5.56 Å². The number of benzene rings is 1. The van der Waals surface area contributed by atoms with E-state index in [1.165, 1.54) is 24.3 Å². The predicted molar refractivity (Wildman–Crippen MR) is 68.4 cm³/mol. The van der Waals surface area contributed by atoms with Crippen molar-refractivity contribution in [2.45, 2.75) is 19.2 Å². The van der Waals surface area contributed by atoms with Gasteiger partial charge in [0.15, 0.2) is 0 Å². The lowest BCUT2D eigenvalue weighted by Crippen LogP contribution is -2.30. The van der Waals surface area contributed by atoms with E-state index in [1.807, 2.05) is 0 Å². The summed E-state index contributed by atoms with van der Waals surface area (Å²) in [6, 6.07) is 5.51. The van der Waals surface area contributed by atoms with Gasteiger partial charge in [-0.25, -0.2) is 0 Å². The van der Waals surface area contributed by atoms with Gasteiger partial charge in [-0.3, -0.25) is 4.79 Å². The van der Waals surface area contributed by atoms with Crippen molar-refractivity contribution in [3.05, 3.63) is 29.8 Å². The molecule has 0 saturated heterocycles. The van der Waals surface area contributed by atoms with Crippen LogP contribution in [0.15, 0.2) is 24.3 Å². The van der Waals surface area contributed by atoms with Gasteiger partial charge in [0.1, 0.15) is 5.75 Å². The number of amides is 1. The molecular formula is C13H17F3N2O2. The van der Waals surface area contributed by atoms with Crippen molar-refractivity contribution in [1.82, 2.24) is 10.6 Å². The van der Waals surface area contributed by atoms with Gasteiger partial charge in [0.05, 0.1) is 0 Å². The van der Waals surface area contributed by atoms with Crippen LogP contribution in [0.2, 0.25) is 0 Å². The molecular weight excluding hydrogens is 273 g/mol. The van der Waals surface area contributed by atoms with Crippen LogP contribution >= 0.6 is 0 Å². The number of aryl methyl sites for hydroxylation is 1. The van der Waals surface area contributed by atoms with Crippen molar-refractivity contribution in [3.8, 4) is 5.75 Å². The number of hydrogen-bond donors (Lipinski definition) is 2. The highest BCUT2D eigenvalue weighted by Gasteiger charge is 2.30. The number of nitrogens with one attached hydrogen (secondary N) is 2. The predicted octanol–water partition coefficient (Wildman–Crippen LogP) is 1.85. The fourth-order valence-corrected chi connectivity index (χ4v) is 1.53. The maximum atomic E-state index is 12.0. The van der Waals surface area contributed by atoms with Gasteiger partial charge in [-0.1, -0.05) is 12.1 Å². The van der Waals surface area contributed by atoms with Gasteiger partial charge in [-0.15, -0.1) is 13.2 Å². The maximum Gasteiger partial charge on any atom is 0.573 e. The number of carbonyl (C=O) groups excluding carboxylic acids is 1. The summed E-state index contributed by atoms with van der Waals surface area (Å²) >= 11 is 0. The fourth-order valence-electron chi connectivity index (χ4n) is 1.53. The van der Waals surface area contributed by atoms with Crippen LogP contribution in [0.25, 0.3) is 0 Å². The standard InChI is InChI=1S/C13H17F3N2O2/c1-17-8-9-18-12(19)7-4-10-2-5-11(6-3-10)20-13(14,15)16/h2-3,5-6,17H,4,7-9H2,1H3,(H,18,19). The average Bonchev–Trinajstić information content (AvgIpc) is 2.36. The second kappa shape index (κ2) is 7.74. The summed E-state index contributed by atoms with van der Waals surface area (Å²) in [6.07, 6.45) is -3.92. The van der Waals surface area contributed by atoms with E-state index in [1.54, 1.807) is 7.05 Å². The number of ether oxygens (including phenoxy) is 1. The lowest BCUT2D eigenvalue weighted by atomic mass is 10.1. The third-order valence-electron chi connectivity index (χ3n) is 2.49. The summed E-state index contributed by atoms with van der Waals surface area (Å²) in [5.74, 6) is -0.351. The van der Waals surface area contributed by atoms with Crippen molar-refractivity contribution >= 4 is 5.91 Å². The minimum absolute atomic E-state index is 0.0872. The summed E-state index contributed by atoms with van der Waals surface area (Å²) in [4.78, 5) is 11.4. The summed E-state index contributed by atoms with van der Waals surface area (Å²) in [6.45, 7) is 1.24. The summed E-state index contributed by atoms with van der Waals surface area (Å²) < 4.78 is 39.7. The average molecular weight is 290 g/mol. The molecule has 0 saturated carbocycles. The second-order valence-corrected chi connectivity index (χ2v) is 4.15. The molecule has 0 bridgehead atoms. The summed E-state index contributed by atoms with van der Waals surface area (Å²) in [5.41, 5.74) is 0.781. The molecule has 0 aromatic heterocycles. The number of likely N-dealkylation sites (N-methyl/N-ethyl adjacent to an activating group) is 1. The number of hydrogen-bond acceptors (Lipinski definition) is 3. The molecule has 112 valence electrons. The number of halogens is 3. The molecule has 4 nitrogen and oxygen atoms in total. The third-order valence-corrected chi connectivity index (χ3v) is 2.49. The molecule has 0 heterocycles. The lowest BCUT2D eigenvalue weighted by Gasteiger charge is -2.09. The summed E-state index contributed by atoms with van der Waals surface area (Å²) in [5, 5.41) is 5.62. The maximum absolute atomic E-state index is 12.0. The molecule has 0 aliphatic heterocycles. The highest BCUT2D eigenvalue weighted by molar-refractivity contribution is 5.76. The Morgan fingerprint density at radius 3 is 2.40 bits per heavy atom. The molecule has 0 fully saturated rings. The zero-order valence-corrected chi connectivity index (χ0v) is 11.1. The van der Waals surface area contributed by atoms with Gasteiger partial charge in [0.25, 0.3) is 0 Å². The van der Waals surface area contributed by atoms with E-state index < -0.39 is 6.36 Å². The second-order valence-electron chi connectivity index (χ2n) is 4.15. The first-order valence-corrected chi connectivity index (χ1v) is 6.16. The van der Waals surface area contributed by atoms with Gasteiger partial charge in [0, 0.05) is 19.5 Å². The van der Waals surface area contributed by atoms with Gasteiger partial charge < -0.3 is 15.4 Å². The molecule has 0 spiro atoms. The molecule has 0 aliphatic carbocycles. The van der Waals surface area contributed by atoms with Crippen molar-refractivity contribution in [2.24, 2.45) is 0 Å². The molecule has 0 unspecified atom stereocenters. The van der Waals surface area contributed by atoms with Crippen LogP contribution in [0, 0.1) is 0 Å². The Bertz CT molecular complexity index is 419. The van der Waals surface area contributed by atoms with Gasteiger partial charge in [-0.2, -0.15) is 0 Å². The van der Waals surface area contributed by atoms with Gasteiger partial charge >= 0.3 is 6.36 Å². The first kappa shape index (κ1) is 16.3. The van der Waals surface area contributed by atoms with Crippen LogP contribution in [0.4, 0.5) is 13.2 Å². The Kier molecular flexibility index (Phi) is 6.30. The first-order valence-electron chi connectivity index (χ1n) is 6.16. The third kappa shape index (κ3) is 6.98. The molecule has 0 radical (unpaired) electrons. The first-order chi connectivity index (χ1) is 9.40. The number of rotatable bonds is 7. The van der Waals surface area contributed by atoms with E-state index in [9.17, 15) is 18.0 Å². The van der Waals surface area contributed by atoms with E-state index in [4.69, 9.17) is 0 Å². The Morgan fingerprint density at radius 2 is 1.85 bits per heavy atom. The zero-order chi connectivity index (χ0) is 15.0. The van der Waals surface area contributed by atoms with E-state index in [-0.39, 0.29) is 11.7 Å². The SMILES string of the molecule is CNCCNC(=O)CCc1ccc(OC(F)(F)F)cc1. The molecule has 1 rings (SSSR count). The lowest BCUT2D eigenvalue weighted by molar-refractivity contribution is -0.274. The van der Waals surface area contributed by atoms with E-state index >= 15 is 0 Å². The van der Waals surface area contributed by atoms with Crippen LogP contribution in [0.1, 0.15) is 12.0 Å². The summed E-state index contributed by atoms with van der Waals surface area (Å²) in [7, 11) is 1.79. The van der Waals surface area contributed by atoms with Crippen LogP contribution in [0.3, 0.4) is 0 Å². The highest BCUT2D eigenvalue weighted by atomic mass is 19.4. The number of alkyl halides is 3. The van der Waals surface area contributed by atoms with Crippen molar-refractivity contribution in [1.29, 1.82) is 0 Å². The van der Waals surface area contributed by atoms with Crippen LogP contribution in [-0.4, -0.2) is 32.4 Å².